The second-order valence-corrected chi connectivity index (χ2v) is 9.23. The minimum atomic E-state index is -4.37. The van der Waals surface area contributed by atoms with Crippen LogP contribution in [-0.4, -0.2) is 37.2 Å². The maximum Gasteiger partial charge on any atom is 0.416 e. The molecule has 1 amide bonds. The molecule has 30 heavy (non-hydrogen) atoms. The van der Waals surface area contributed by atoms with Crippen LogP contribution in [0.3, 0.4) is 0 Å². The summed E-state index contributed by atoms with van der Waals surface area (Å²) in [6.07, 6.45) is -3.13. The van der Waals surface area contributed by atoms with Gasteiger partial charge in [0.1, 0.15) is 18.1 Å². The highest BCUT2D eigenvalue weighted by Crippen LogP contribution is 2.43. The smallest absolute Gasteiger partial charge is 0.416 e. The Morgan fingerprint density at radius 2 is 1.57 bits per heavy atom. The SMILES string of the molecule is O=C(COc1ccc(C2SCCCS2)cc1)NCCOc1ccc(C(F)(F)F)cc1. The number of amides is 1. The van der Waals surface area contributed by atoms with E-state index < -0.39 is 11.7 Å². The van der Waals surface area contributed by atoms with E-state index in [1.165, 1.54) is 35.6 Å². The van der Waals surface area contributed by atoms with Crippen LogP contribution in [0.5, 0.6) is 11.5 Å². The van der Waals surface area contributed by atoms with Gasteiger partial charge in [0.25, 0.3) is 5.91 Å². The summed E-state index contributed by atoms with van der Waals surface area (Å²) in [7, 11) is 0. The summed E-state index contributed by atoms with van der Waals surface area (Å²) >= 11 is 3.90. The van der Waals surface area contributed by atoms with E-state index in [-0.39, 0.29) is 25.7 Å². The monoisotopic (exact) mass is 457 g/mol. The van der Waals surface area contributed by atoms with Crippen molar-refractivity contribution in [3.63, 3.8) is 0 Å². The molecule has 2 aromatic carbocycles. The first-order valence-corrected chi connectivity index (χ1v) is 11.5. The summed E-state index contributed by atoms with van der Waals surface area (Å²) in [4.78, 5) is 11.9. The van der Waals surface area contributed by atoms with E-state index in [2.05, 4.69) is 5.32 Å². The fourth-order valence-electron chi connectivity index (χ4n) is 2.70. The Kier molecular flexibility index (Phi) is 8.21. The number of rotatable bonds is 8. The average Bonchev–Trinajstić information content (AvgIpc) is 2.76. The Labute approximate surface area is 181 Å². The summed E-state index contributed by atoms with van der Waals surface area (Å²) in [5.41, 5.74) is 0.520. The van der Waals surface area contributed by atoms with Crippen LogP contribution in [0.1, 0.15) is 22.1 Å². The highest BCUT2D eigenvalue weighted by Gasteiger charge is 2.30. The number of thioether (sulfide) groups is 2. The standard InChI is InChI=1S/C21H22F3NO3S2/c22-21(23,24)16-4-8-17(9-5-16)27-11-10-25-19(26)14-28-18-6-2-15(3-7-18)20-29-12-1-13-30-20/h2-9,20H,1,10-14H2,(H,25,26). The Morgan fingerprint density at radius 3 is 2.20 bits per heavy atom. The Balaban J connectivity index is 1.33. The zero-order valence-electron chi connectivity index (χ0n) is 16.1. The van der Waals surface area contributed by atoms with E-state index in [0.29, 0.717) is 16.1 Å². The quantitative estimate of drug-likeness (QED) is 0.556. The zero-order chi connectivity index (χ0) is 21.4. The molecule has 4 nitrogen and oxygen atoms in total. The fraction of sp³-hybridized carbons (Fsp3) is 0.381. The lowest BCUT2D eigenvalue weighted by atomic mass is 10.2. The first-order chi connectivity index (χ1) is 14.4. The molecule has 0 unspecified atom stereocenters. The van der Waals surface area contributed by atoms with Crippen molar-refractivity contribution >= 4 is 29.4 Å². The normalized spacial score (nSPS) is 14.9. The number of benzene rings is 2. The third-order valence-electron chi connectivity index (χ3n) is 4.22. The molecule has 1 heterocycles. The molecule has 1 saturated heterocycles. The van der Waals surface area contributed by atoms with Gasteiger partial charge in [0.05, 0.1) is 16.7 Å². The van der Waals surface area contributed by atoms with Gasteiger partial charge in [-0.05, 0) is 59.9 Å². The first-order valence-electron chi connectivity index (χ1n) is 9.44. The minimum Gasteiger partial charge on any atom is -0.492 e. The molecule has 0 aromatic heterocycles. The summed E-state index contributed by atoms with van der Waals surface area (Å²) in [5, 5.41) is 2.65. The molecule has 3 rings (SSSR count). The second-order valence-electron chi connectivity index (χ2n) is 6.51. The number of carbonyl (C=O) groups is 1. The number of alkyl halides is 3. The molecule has 1 fully saturated rings. The van der Waals surface area contributed by atoms with Gasteiger partial charge in [-0.2, -0.15) is 13.2 Å². The van der Waals surface area contributed by atoms with Gasteiger partial charge < -0.3 is 14.8 Å². The van der Waals surface area contributed by atoms with Gasteiger partial charge >= 0.3 is 6.18 Å². The predicted molar refractivity (Wildman–Crippen MR) is 114 cm³/mol. The number of hydrogen-bond donors (Lipinski definition) is 1. The number of ether oxygens (including phenoxy) is 2. The van der Waals surface area contributed by atoms with Crippen molar-refractivity contribution in [3.05, 3.63) is 59.7 Å². The van der Waals surface area contributed by atoms with Crippen molar-refractivity contribution in [2.24, 2.45) is 0 Å². The second kappa shape index (κ2) is 10.9. The van der Waals surface area contributed by atoms with E-state index in [9.17, 15) is 18.0 Å². The van der Waals surface area contributed by atoms with Crippen LogP contribution in [0, 0.1) is 0 Å². The summed E-state index contributed by atoms with van der Waals surface area (Å²) in [6.45, 7) is 0.243. The van der Waals surface area contributed by atoms with Crippen molar-refractivity contribution in [1.82, 2.24) is 5.32 Å². The van der Waals surface area contributed by atoms with Gasteiger partial charge in [-0.3, -0.25) is 4.79 Å². The average molecular weight is 458 g/mol. The van der Waals surface area contributed by atoms with Crippen molar-refractivity contribution in [1.29, 1.82) is 0 Å². The van der Waals surface area contributed by atoms with Crippen LogP contribution < -0.4 is 14.8 Å². The molecular weight excluding hydrogens is 435 g/mol. The van der Waals surface area contributed by atoms with Gasteiger partial charge in [0, 0.05) is 0 Å². The van der Waals surface area contributed by atoms with Crippen molar-refractivity contribution in [3.8, 4) is 11.5 Å². The topological polar surface area (TPSA) is 47.6 Å². The molecule has 1 aliphatic heterocycles. The predicted octanol–water partition coefficient (Wildman–Crippen LogP) is 5.15. The van der Waals surface area contributed by atoms with Crippen LogP contribution in [0.2, 0.25) is 0 Å². The van der Waals surface area contributed by atoms with E-state index in [1.807, 2.05) is 47.8 Å². The first kappa shape index (κ1) is 22.7. The number of halogens is 3. The van der Waals surface area contributed by atoms with Crippen LogP contribution >= 0.6 is 23.5 Å². The van der Waals surface area contributed by atoms with E-state index >= 15 is 0 Å². The lowest BCUT2D eigenvalue weighted by Crippen LogP contribution is -2.32. The molecule has 0 bridgehead atoms. The van der Waals surface area contributed by atoms with Crippen LogP contribution in [-0.2, 0) is 11.0 Å². The maximum atomic E-state index is 12.5. The molecule has 2 aromatic rings. The highest BCUT2D eigenvalue weighted by molar-refractivity contribution is 8.16. The van der Waals surface area contributed by atoms with Gasteiger partial charge in [0.2, 0.25) is 0 Å². The van der Waals surface area contributed by atoms with Gasteiger partial charge in [-0.25, -0.2) is 0 Å². The zero-order valence-corrected chi connectivity index (χ0v) is 17.7. The molecule has 0 spiro atoms. The van der Waals surface area contributed by atoms with Crippen LogP contribution in [0.25, 0.3) is 0 Å². The van der Waals surface area contributed by atoms with E-state index in [1.54, 1.807) is 0 Å². The largest absolute Gasteiger partial charge is 0.492 e. The molecule has 162 valence electrons. The number of carbonyl (C=O) groups excluding carboxylic acids is 1. The van der Waals surface area contributed by atoms with Crippen LogP contribution in [0.4, 0.5) is 13.2 Å². The molecule has 0 saturated carbocycles. The third-order valence-corrected chi connectivity index (χ3v) is 7.24. The molecule has 9 heteroatoms. The third kappa shape index (κ3) is 7.05. The molecule has 1 aliphatic rings. The fourth-order valence-corrected chi connectivity index (χ4v) is 5.60. The Bertz CT molecular complexity index is 808. The van der Waals surface area contributed by atoms with Crippen molar-refractivity contribution in [2.45, 2.75) is 17.2 Å². The van der Waals surface area contributed by atoms with Gasteiger partial charge in [-0.1, -0.05) is 12.1 Å². The number of nitrogens with one attached hydrogen (secondary N) is 1. The van der Waals surface area contributed by atoms with Crippen LogP contribution in [0.15, 0.2) is 48.5 Å². The summed E-state index contributed by atoms with van der Waals surface area (Å²) in [5.74, 6) is 2.99. The molecule has 0 aliphatic carbocycles. The Morgan fingerprint density at radius 1 is 0.967 bits per heavy atom. The maximum absolute atomic E-state index is 12.5. The minimum absolute atomic E-state index is 0.118. The lowest BCUT2D eigenvalue weighted by molar-refractivity contribution is -0.137. The molecule has 0 atom stereocenters. The Hall–Kier alpha value is -2.00. The van der Waals surface area contributed by atoms with Gasteiger partial charge in [0.15, 0.2) is 6.61 Å². The molecular formula is C21H22F3NO3S2. The summed E-state index contributed by atoms with van der Waals surface area (Å²) < 4.78 is 48.8. The van der Waals surface area contributed by atoms with E-state index in [4.69, 9.17) is 9.47 Å². The summed E-state index contributed by atoms with van der Waals surface area (Å²) in [6, 6.07) is 12.2. The highest BCUT2D eigenvalue weighted by atomic mass is 32.2. The van der Waals surface area contributed by atoms with Crippen molar-refractivity contribution in [2.75, 3.05) is 31.3 Å². The van der Waals surface area contributed by atoms with Gasteiger partial charge in [-0.15, -0.1) is 23.5 Å². The molecule has 1 N–H and O–H groups in total. The van der Waals surface area contributed by atoms with Crippen molar-refractivity contribution < 1.29 is 27.4 Å². The number of hydrogen-bond acceptors (Lipinski definition) is 5. The van der Waals surface area contributed by atoms with E-state index in [0.717, 1.165) is 12.1 Å². The molecule has 0 radical (unpaired) electrons. The lowest BCUT2D eigenvalue weighted by Gasteiger charge is -2.21.